The molecular weight excluding hydrogens is 1390 g/mol. The highest BCUT2D eigenvalue weighted by molar-refractivity contribution is 8.13. The predicted octanol–water partition coefficient (Wildman–Crippen LogP) is 11.0. The van der Waals surface area contributed by atoms with Crippen LogP contribution in [0.25, 0.3) is 0 Å². The van der Waals surface area contributed by atoms with Gasteiger partial charge in [-0.2, -0.15) is 14.8 Å². The van der Waals surface area contributed by atoms with Crippen LogP contribution in [0.15, 0.2) is 119 Å². The average molecular weight is 1490 g/mol. The summed E-state index contributed by atoms with van der Waals surface area (Å²) >= 11 is 0. The number of aliphatic hydroxyl groups excluding tert-OH is 2. The zero-order valence-corrected chi connectivity index (χ0v) is 63.6. The van der Waals surface area contributed by atoms with E-state index in [0.717, 1.165) is 24.0 Å². The molecule has 4 heterocycles. The molecule has 0 aromatic heterocycles. The van der Waals surface area contributed by atoms with Crippen LogP contribution in [0, 0.1) is 45.3 Å². The summed E-state index contributed by atoms with van der Waals surface area (Å²) in [7, 11) is -2.84. The van der Waals surface area contributed by atoms with E-state index in [4.69, 9.17) is 53.8 Å². The molecule has 0 spiro atoms. The van der Waals surface area contributed by atoms with Crippen LogP contribution in [0.1, 0.15) is 133 Å². The highest BCUT2D eigenvalue weighted by atomic mass is 35.7. The molecule has 10 atom stereocenters. The number of carbonyl (C=O) groups excluding carboxylic acids is 4. The summed E-state index contributed by atoms with van der Waals surface area (Å²) in [5.41, 5.74) is 0.478. The Balaban J connectivity index is 0.000000271. The molecule has 0 aliphatic carbocycles. The maximum Gasteiger partial charge on any atom is 0.414 e. The van der Waals surface area contributed by atoms with Gasteiger partial charge < -0.3 is 64.1 Å². The fraction of sp³-hybridized carbons (Fsp3) is 0.595. The van der Waals surface area contributed by atoms with Gasteiger partial charge >= 0.3 is 24.4 Å². The van der Waals surface area contributed by atoms with Gasteiger partial charge in [0.1, 0.15) is 23.4 Å². The highest BCUT2D eigenvalue weighted by Crippen LogP contribution is 2.36. The molecule has 0 radical (unpaired) electrons. The van der Waals surface area contributed by atoms with Crippen molar-refractivity contribution in [2.45, 2.75) is 205 Å². The lowest BCUT2D eigenvalue weighted by atomic mass is 9.88. The Morgan fingerprint density at radius 2 is 1.03 bits per heavy atom. The van der Waals surface area contributed by atoms with E-state index in [1.807, 2.05) is 74.5 Å². The van der Waals surface area contributed by atoms with Gasteiger partial charge in [0.2, 0.25) is 10.0 Å². The molecule has 4 aromatic carbocycles. The number of sulfonamides is 1. The van der Waals surface area contributed by atoms with Gasteiger partial charge in [0.25, 0.3) is 9.05 Å². The molecule has 29 heteroatoms. The summed E-state index contributed by atoms with van der Waals surface area (Å²) in [5, 5.41) is 49.7. The normalized spacial score (nSPS) is 19.9. The SMILES string of the molecule is CC(C)(CCC#N)CNCC(O)C(Cc1ccccc1)NC(=O)OC1COC2OCCC12.CCN(C(=O)OC(C)(C)C)c1cccc(S(=O)(=O)Cl)c1.CCN(C(=O)OC(C)(C)C)c1cccc(S(=O)(=O)N(CC(O)C(Cc2ccccc2)NC(=O)OC2COC3OCCC23)CC(C)(C)CCC#N)c1. The summed E-state index contributed by atoms with van der Waals surface area (Å²) in [6.07, 6.45) is -2.13. The number of amides is 4. The van der Waals surface area contributed by atoms with E-state index in [1.165, 1.54) is 44.4 Å². The van der Waals surface area contributed by atoms with Crippen molar-refractivity contribution in [3.63, 3.8) is 0 Å². The average Bonchev–Trinajstić information content (AvgIpc) is 1.51. The van der Waals surface area contributed by atoms with Crippen molar-refractivity contribution in [2.24, 2.45) is 22.7 Å². The quantitative estimate of drug-likeness (QED) is 0.0249. The topological polar surface area (TPSA) is 344 Å². The minimum Gasteiger partial charge on any atom is -0.443 e. The molecule has 0 saturated carbocycles. The van der Waals surface area contributed by atoms with Gasteiger partial charge in [0, 0.05) is 74.2 Å². The zero-order valence-electron chi connectivity index (χ0n) is 61.3. The minimum atomic E-state index is -4.31. The predicted molar refractivity (Wildman–Crippen MR) is 388 cm³/mol. The van der Waals surface area contributed by atoms with E-state index < -0.39 is 96.7 Å². The number of halogens is 1. The number of aliphatic hydroxyl groups is 2. The Morgan fingerprint density at radius 1 is 0.602 bits per heavy atom. The van der Waals surface area contributed by atoms with E-state index in [0.29, 0.717) is 76.5 Å². The summed E-state index contributed by atoms with van der Waals surface area (Å²) in [4.78, 5) is 53.6. The molecule has 4 saturated heterocycles. The van der Waals surface area contributed by atoms with Crippen LogP contribution >= 0.6 is 10.7 Å². The van der Waals surface area contributed by atoms with Gasteiger partial charge in [-0.05, 0) is 152 Å². The molecule has 4 aliphatic heterocycles. The van der Waals surface area contributed by atoms with Crippen molar-refractivity contribution < 1.29 is 84.1 Å². The van der Waals surface area contributed by atoms with E-state index >= 15 is 0 Å². The molecule has 10 unspecified atom stereocenters. The lowest BCUT2D eigenvalue weighted by molar-refractivity contribution is -0.0909. The maximum absolute atomic E-state index is 14.5. The third-order valence-corrected chi connectivity index (χ3v) is 20.6. The Kier molecular flexibility index (Phi) is 31.9. The number of carbonyl (C=O) groups is 4. The van der Waals surface area contributed by atoms with Crippen molar-refractivity contribution in [2.75, 3.05) is 75.5 Å². The first-order valence-electron chi connectivity index (χ1n) is 34.9. The minimum absolute atomic E-state index is 0.0349. The molecule has 5 N–H and O–H groups in total. The number of fused-ring (bicyclic) bond motifs is 2. The Morgan fingerprint density at radius 3 is 1.46 bits per heavy atom. The zero-order chi connectivity index (χ0) is 75.9. The van der Waals surface area contributed by atoms with Crippen LogP contribution in [0.4, 0.5) is 30.6 Å². The van der Waals surface area contributed by atoms with Gasteiger partial charge in [0.05, 0.1) is 84.5 Å². The third kappa shape index (κ3) is 27.3. The number of ether oxygens (including phenoxy) is 8. The van der Waals surface area contributed by atoms with Crippen molar-refractivity contribution >= 4 is 65.5 Å². The first kappa shape index (κ1) is 84.7. The van der Waals surface area contributed by atoms with Crippen LogP contribution in [0.2, 0.25) is 0 Å². The number of rotatable bonds is 29. The number of benzene rings is 4. The van der Waals surface area contributed by atoms with E-state index in [2.05, 4.69) is 41.9 Å². The fourth-order valence-corrected chi connectivity index (χ4v) is 14.5. The molecule has 4 aromatic rings. The second-order valence-corrected chi connectivity index (χ2v) is 33.9. The summed E-state index contributed by atoms with van der Waals surface area (Å²) in [5.74, 6) is -0.0187. The second-order valence-electron chi connectivity index (χ2n) is 29.4. The van der Waals surface area contributed by atoms with Crippen LogP contribution in [-0.2, 0) is 69.8 Å². The largest absolute Gasteiger partial charge is 0.443 e. The van der Waals surface area contributed by atoms with Gasteiger partial charge in [0.15, 0.2) is 12.6 Å². The Labute approximate surface area is 612 Å². The Bertz CT molecular complexity index is 3700. The Hall–Kier alpha value is -7.19. The number of anilines is 2. The number of nitriles is 2. The van der Waals surface area contributed by atoms with Gasteiger partial charge in [-0.1, -0.05) is 100 Å². The van der Waals surface area contributed by atoms with Crippen molar-refractivity contribution in [1.82, 2.24) is 20.3 Å². The number of hydrogen-bond donors (Lipinski definition) is 5. The van der Waals surface area contributed by atoms with Crippen LogP contribution in [-0.4, -0.2) is 182 Å². The molecule has 4 aliphatic rings. The highest BCUT2D eigenvalue weighted by Gasteiger charge is 2.46. The third-order valence-electron chi connectivity index (χ3n) is 17.4. The molecule has 4 fully saturated rings. The summed E-state index contributed by atoms with van der Waals surface area (Å²) in [6.45, 7) is 24.8. The molecule has 0 bridgehead atoms. The summed E-state index contributed by atoms with van der Waals surface area (Å²) in [6, 6.07) is 33.7. The smallest absolute Gasteiger partial charge is 0.414 e. The number of nitrogens with zero attached hydrogens (tertiary/aromatic N) is 5. The number of hydrogen-bond acceptors (Lipinski definition) is 21. The number of nitrogens with one attached hydrogen (secondary N) is 3. The van der Waals surface area contributed by atoms with Crippen LogP contribution < -0.4 is 25.8 Å². The van der Waals surface area contributed by atoms with Crippen LogP contribution in [0.5, 0.6) is 0 Å². The number of alkyl carbamates (subject to hydrolysis) is 2. The van der Waals surface area contributed by atoms with E-state index in [1.54, 1.807) is 73.6 Å². The van der Waals surface area contributed by atoms with E-state index in [9.17, 15) is 51.5 Å². The van der Waals surface area contributed by atoms with Crippen LogP contribution in [0.3, 0.4) is 0 Å². The molecule has 26 nitrogen and oxygen atoms in total. The summed E-state index contributed by atoms with van der Waals surface area (Å²) < 4.78 is 97.2. The van der Waals surface area contributed by atoms with Crippen molar-refractivity contribution in [1.29, 1.82) is 10.5 Å². The lowest BCUT2D eigenvalue weighted by Crippen LogP contribution is -2.52. The maximum atomic E-state index is 14.5. The molecule has 8 rings (SSSR count). The molecule has 4 amide bonds. The van der Waals surface area contributed by atoms with Crippen molar-refractivity contribution in [3.8, 4) is 12.1 Å². The van der Waals surface area contributed by atoms with Gasteiger partial charge in [-0.3, -0.25) is 9.80 Å². The molecule has 568 valence electrons. The second kappa shape index (κ2) is 38.7. The fourth-order valence-electron chi connectivity index (χ4n) is 12.0. The lowest BCUT2D eigenvalue weighted by Gasteiger charge is -2.35. The monoisotopic (exact) mass is 1490 g/mol. The standard InChI is InChI=1S/C37H52N4O9S.C24H35N3O5.C13H18ClNO4S/c1-7-41(35(44)50-36(2,3)4)27-15-11-16-28(22-27)51(45,46)40(25-37(5,6)18-12-19-38)23-31(42)30(21-26-13-9-8-10-14-26)39-34(43)49-32-24-48-33-29(32)17-20-47-33;1-24(2,10-6-11-25)16-26-14-20(28)19(13-17-7-4-3-5-8-17)27-23(29)32-21-15-31-22-18(21)9-12-30-22;1-5-15(12(16)19-13(2,3)4)10-7-6-8-11(9-10)20(14,17)18/h8-11,13-16,22,29-33,42H,7,12,17-18,20-21,23-25H2,1-6H3,(H,39,43);3-5,7-8,18-22,26,28H,6,9-10,12-16H2,1-2H3,(H,27,29);6-9H,5H2,1-4H3. The first-order chi connectivity index (χ1) is 48.4. The van der Waals surface area contributed by atoms with Gasteiger partial charge in [-0.15, -0.1) is 0 Å². The first-order valence-corrected chi connectivity index (χ1v) is 38.7. The molecule has 103 heavy (non-hydrogen) atoms. The van der Waals surface area contributed by atoms with Gasteiger partial charge in [-0.25, -0.2) is 36.0 Å². The van der Waals surface area contributed by atoms with E-state index in [-0.39, 0.29) is 78.5 Å². The molecular formula is C74H105ClN8O18S2. The van der Waals surface area contributed by atoms with Crippen molar-refractivity contribution in [3.05, 3.63) is 120 Å².